The Morgan fingerprint density at radius 1 is 0.971 bits per heavy atom. The molecule has 0 heterocycles. The second-order valence-corrected chi connectivity index (χ2v) is 12.9. The van der Waals surface area contributed by atoms with Crippen LogP contribution in [-0.2, 0) is 26.3 Å². The van der Waals surface area contributed by atoms with Gasteiger partial charge in [-0.05, 0) is 48.9 Å². The second kappa shape index (κ2) is 13.6. The normalized spacial score (nSPS) is 18.0. The Morgan fingerprint density at radius 2 is 1.51 bits per heavy atom. The Bertz CT molecular complexity index is 1050. The number of nitrogens with zero attached hydrogens (tertiary/aromatic N) is 1. The molecule has 1 aliphatic rings. The van der Waals surface area contributed by atoms with Crippen LogP contribution < -0.4 is 4.74 Å². The summed E-state index contributed by atoms with van der Waals surface area (Å²) >= 11 is -0.826. The standard InChI is InChI=1S/C29H33NO2.2ClH.Zr/c1-21-12-10-11-17-27(21)30-20-22-18-25(32-3)19-26(28(22)31)29(2,23-13-6-4-7-14-23)24-15-8-5-9-16-24;;;/h4-9,13-16,18-21,27,31H,10-12,17H2,1-3H3;2*1H;/q;;;+2/p-2. The van der Waals surface area contributed by atoms with Crippen molar-refractivity contribution in [3.63, 3.8) is 0 Å². The van der Waals surface area contributed by atoms with Crippen molar-refractivity contribution in [2.45, 2.75) is 51.0 Å². The molecule has 35 heavy (non-hydrogen) atoms. The molecule has 0 amide bonds. The van der Waals surface area contributed by atoms with E-state index in [1.165, 1.54) is 19.3 Å². The fraction of sp³-hybridized carbons (Fsp3) is 0.345. The van der Waals surface area contributed by atoms with Crippen molar-refractivity contribution in [2.24, 2.45) is 10.9 Å². The van der Waals surface area contributed by atoms with Gasteiger partial charge in [0.05, 0.1) is 13.2 Å². The first-order chi connectivity index (χ1) is 16.9. The fourth-order valence-electron chi connectivity index (χ4n) is 4.94. The Morgan fingerprint density at radius 3 is 2.03 bits per heavy atom. The van der Waals surface area contributed by atoms with E-state index in [0.717, 1.165) is 23.1 Å². The van der Waals surface area contributed by atoms with E-state index >= 15 is 0 Å². The summed E-state index contributed by atoms with van der Waals surface area (Å²) in [5.74, 6) is 1.55. The summed E-state index contributed by atoms with van der Waals surface area (Å²) in [5, 5.41) is 11.5. The van der Waals surface area contributed by atoms with E-state index in [2.05, 4.69) is 38.1 Å². The van der Waals surface area contributed by atoms with Gasteiger partial charge < -0.3 is 9.84 Å². The van der Waals surface area contributed by atoms with Crippen LogP contribution in [0.4, 0.5) is 0 Å². The number of rotatable bonds is 6. The predicted octanol–water partition coefficient (Wildman–Crippen LogP) is 8.13. The first-order valence-corrected chi connectivity index (χ1v) is 18.3. The van der Waals surface area contributed by atoms with Gasteiger partial charge in [0.15, 0.2) is 0 Å². The number of ether oxygens (including phenoxy) is 1. The third kappa shape index (κ3) is 6.79. The van der Waals surface area contributed by atoms with Crippen LogP contribution in [0.1, 0.15) is 61.8 Å². The molecule has 0 aliphatic heterocycles. The Hall–Kier alpha value is -1.61. The van der Waals surface area contributed by atoms with Gasteiger partial charge in [0.25, 0.3) is 0 Å². The van der Waals surface area contributed by atoms with Gasteiger partial charge in [-0.25, -0.2) is 0 Å². The van der Waals surface area contributed by atoms with E-state index in [1.54, 1.807) is 7.11 Å². The summed E-state index contributed by atoms with van der Waals surface area (Å²) in [5.41, 5.74) is 3.18. The van der Waals surface area contributed by atoms with Gasteiger partial charge in [0.2, 0.25) is 0 Å². The number of phenolic OH excluding ortho intramolecular Hbond substituents is 1. The van der Waals surface area contributed by atoms with Crippen LogP contribution in [0.25, 0.3) is 0 Å². The molecule has 6 heteroatoms. The van der Waals surface area contributed by atoms with Gasteiger partial charge >= 0.3 is 37.9 Å². The Balaban J connectivity index is 0.00000108. The van der Waals surface area contributed by atoms with E-state index in [9.17, 15) is 5.11 Å². The predicted molar refractivity (Wildman–Crippen MR) is 144 cm³/mol. The minimum absolute atomic E-state index is 0.258. The minimum atomic E-state index is -0.826. The molecule has 2 atom stereocenters. The van der Waals surface area contributed by atoms with Crippen LogP contribution >= 0.6 is 17.0 Å². The molecule has 3 nitrogen and oxygen atoms in total. The molecule has 2 unspecified atom stereocenters. The first kappa shape index (κ1) is 28.0. The van der Waals surface area contributed by atoms with Crippen LogP contribution in [0.5, 0.6) is 11.5 Å². The number of halogens is 2. The van der Waals surface area contributed by atoms with Crippen molar-refractivity contribution in [3.05, 3.63) is 95.1 Å². The summed E-state index contributed by atoms with van der Waals surface area (Å²) < 4.78 is 5.66. The summed E-state index contributed by atoms with van der Waals surface area (Å²) in [6.45, 7) is 4.44. The summed E-state index contributed by atoms with van der Waals surface area (Å²) in [4.78, 5) is 4.90. The average Bonchev–Trinajstić information content (AvgIpc) is 2.90. The van der Waals surface area contributed by atoms with Crippen LogP contribution in [0.2, 0.25) is 0 Å². The first-order valence-electron chi connectivity index (χ1n) is 12.0. The molecule has 0 aromatic heterocycles. The molecule has 3 aromatic rings. The van der Waals surface area contributed by atoms with Crippen LogP contribution in [0.15, 0.2) is 77.8 Å². The average molecular weight is 590 g/mol. The summed E-state index contributed by atoms with van der Waals surface area (Å²) in [6, 6.07) is 24.8. The summed E-state index contributed by atoms with van der Waals surface area (Å²) in [6.07, 6.45) is 6.69. The van der Waals surface area contributed by atoms with Crippen LogP contribution in [0.3, 0.4) is 0 Å². The number of hydrogen-bond acceptors (Lipinski definition) is 3. The van der Waals surface area contributed by atoms with Gasteiger partial charge in [-0.1, -0.05) is 80.4 Å². The molecule has 3 aromatic carbocycles. The molecule has 1 aliphatic carbocycles. The Kier molecular flexibility index (Phi) is 10.9. The van der Waals surface area contributed by atoms with E-state index in [0.29, 0.717) is 23.3 Å². The molecule has 0 saturated heterocycles. The van der Waals surface area contributed by atoms with E-state index in [4.69, 9.17) is 26.8 Å². The number of phenols is 1. The van der Waals surface area contributed by atoms with Gasteiger partial charge in [0.1, 0.15) is 11.5 Å². The van der Waals surface area contributed by atoms with Crippen LogP contribution in [-0.4, -0.2) is 24.5 Å². The van der Waals surface area contributed by atoms with Crippen molar-refractivity contribution < 1.29 is 30.7 Å². The monoisotopic (exact) mass is 587 g/mol. The van der Waals surface area contributed by atoms with E-state index in [1.807, 2.05) is 54.7 Å². The van der Waals surface area contributed by atoms with Gasteiger partial charge in [0, 0.05) is 22.8 Å². The number of aliphatic imine (C=N–C) groups is 1. The van der Waals surface area contributed by atoms with Crippen molar-refractivity contribution in [3.8, 4) is 11.5 Å². The third-order valence-electron chi connectivity index (χ3n) is 7.06. The Labute approximate surface area is 228 Å². The third-order valence-corrected chi connectivity index (χ3v) is 7.06. The zero-order valence-electron chi connectivity index (χ0n) is 20.5. The molecule has 1 saturated carbocycles. The maximum absolute atomic E-state index is 11.5. The second-order valence-electron chi connectivity index (χ2n) is 9.15. The van der Waals surface area contributed by atoms with Gasteiger partial charge in [-0.3, -0.25) is 4.99 Å². The summed E-state index contributed by atoms with van der Waals surface area (Å²) in [7, 11) is 11.5. The van der Waals surface area contributed by atoms with Crippen LogP contribution in [0, 0.1) is 5.92 Å². The zero-order valence-corrected chi connectivity index (χ0v) is 24.5. The number of benzene rings is 3. The zero-order chi connectivity index (χ0) is 25.3. The molecular formula is C29H33Cl2NO2Zr. The van der Waals surface area contributed by atoms with Crippen molar-refractivity contribution in [2.75, 3.05) is 7.11 Å². The quantitative estimate of drug-likeness (QED) is 0.233. The van der Waals surface area contributed by atoms with Gasteiger partial charge in [-0.2, -0.15) is 0 Å². The molecular weight excluding hydrogens is 556 g/mol. The molecule has 1 N–H and O–H groups in total. The number of aromatic hydroxyl groups is 1. The number of methoxy groups -OCH3 is 1. The molecule has 0 spiro atoms. The fourth-order valence-corrected chi connectivity index (χ4v) is 4.94. The van der Waals surface area contributed by atoms with Crippen molar-refractivity contribution in [1.82, 2.24) is 0 Å². The topological polar surface area (TPSA) is 41.8 Å². The number of hydrogen-bond donors (Lipinski definition) is 1. The molecule has 0 radical (unpaired) electrons. The van der Waals surface area contributed by atoms with Crippen molar-refractivity contribution in [1.29, 1.82) is 0 Å². The van der Waals surface area contributed by atoms with E-state index < -0.39 is 26.3 Å². The van der Waals surface area contributed by atoms with E-state index in [-0.39, 0.29) is 5.75 Å². The molecule has 4 rings (SSSR count). The maximum atomic E-state index is 11.5. The van der Waals surface area contributed by atoms with Crippen molar-refractivity contribution >= 4 is 23.2 Å². The molecule has 0 bridgehead atoms. The van der Waals surface area contributed by atoms with Gasteiger partial charge in [-0.15, -0.1) is 0 Å². The molecule has 1 fully saturated rings. The molecule has 184 valence electrons. The SMILES string of the molecule is COc1cc(C=NC2CCCCC2C)c(O)c(C(C)(c2ccccc2)c2ccccc2)c1.[Cl][Zr][Cl].